The molecule has 0 fully saturated rings. The largest absolute Gasteiger partial charge is 0.446 e. The molecule has 1 unspecified atom stereocenters. The number of nitrogens with one attached hydrogen (secondary N) is 3. The standard InChI is InChI=1S/C21H25N3O12S2/c1-13-3-6-15(10-18(13)36-38(31,32)33)23-19(25)11-34-12-20(26)24-17(21(27)22-2)9-14-4-7-16(8-5-14)35-37(28,29)30/h3-8,10,17H,9,11-12H2,1-2H3,(H,22,27)(H,23,25)(H,24,26)(H,28,29,30)(H,31,32,33). The molecule has 3 amide bonds. The number of hydrogen-bond donors (Lipinski definition) is 5. The monoisotopic (exact) mass is 575 g/mol. The van der Waals surface area contributed by atoms with Gasteiger partial charge in [0.2, 0.25) is 17.7 Å². The summed E-state index contributed by atoms with van der Waals surface area (Å²) in [6.45, 7) is 0.385. The van der Waals surface area contributed by atoms with E-state index in [1.54, 1.807) is 0 Å². The van der Waals surface area contributed by atoms with E-state index in [1.165, 1.54) is 56.4 Å². The number of anilines is 1. The molecular weight excluding hydrogens is 550 g/mol. The van der Waals surface area contributed by atoms with Crippen LogP contribution in [0.4, 0.5) is 5.69 Å². The molecule has 0 aromatic heterocycles. The minimum Gasteiger partial charge on any atom is -0.362 e. The third-order valence-corrected chi connectivity index (χ3v) is 5.39. The van der Waals surface area contributed by atoms with Gasteiger partial charge in [0, 0.05) is 25.2 Å². The van der Waals surface area contributed by atoms with E-state index in [2.05, 4.69) is 24.3 Å². The topological polar surface area (TPSA) is 224 Å². The van der Waals surface area contributed by atoms with Crippen molar-refractivity contribution < 1.29 is 53.4 Å². The number of amides is 3. The molecule has 0 saturated carbocycles. The van der Waals surface area contributed by atoms with Crippen LogP contribution in [-0.2, 0) is 46.3 Å². The Morgan fingerprint density at radius 3 is 2.08 bits per heavy atom. The Hall–Kier alpha value is -3.77. The summed E-state index contributed by atoms with van der Waals surface area (Å²) in [6.07, 6.45) is 0.0133. The van der Waals surface area contributed by atoms with Crippen LogP contribution in [0.15, 0.2) is 42.5 Å². The number of carbonyl (C=O) groups is 3. The van der Waals surface area contributed by atoms with Gasteiger partial charge in [0.05, 0.1) is 0 Å². The number of ether oxygens (including phenoxy) is 1. The second-order valence-corrected chi connectivity index (χ2v) is 9.67. The lowest BCUT2D eigenvalue weighted by Crippen LogP contribution is -2.48. The van der Waals surface area contributed by atoms with E-state index in [1.807, 2.05) is 0 Å². The van der Waals surface area contributed by atoms with Crippen molar-refractivity contribution in [3.05, 3.63) is 53.6 Å². The molecule has 0 heterocycles. The van der Waals surface area contributed by atoms with E-state index in [-0.39, 0.29) is 23.6 Å². The minimum absolute atomic E-state index is 0.0133. The van der Waals surface area contributed by atoms with Crippen LogP contribution in [0.2, 0.25) is 0 Å². The lowest BCUT2D eigenvalue weighted by atomic mass is 10.1. The van der Waals surface area contributed by atoms with Gasteiger partial charge in [-0.3, -0.25) is 23.5 Å². The Bertz CT molecular complexity index is 1380. The van der Waals surface area contributed by atoms with Gasteiger partial charge in [-0.1, -0.05) is 18.2 Å². The van der Waals surface area contributed by atoms with Gasteiger partial charge in [-0.2, -0.15) is 16.8 Å². The van der Waals surface area contributed by atoms with Crippen molar-refractivity contribution in [3.8, 4) is 11.5 Å². The zero-order valence-corrected chi connectivity index (χ0v) is 21.7. The molecule has 0 saturated heterocycles. The molecule has 17 heteroatoms. The first-order valence-electron chi connectivity index (χ1n) is 10.6. The SMILES string of the molecule is CNC(=O)C(Cc1ccc(OS(=O)(=O)O)cc1)NC(=O)COCC(=O)Nc1ccc(C)c(OS(=O)(=O)O)c1. The fourth-order valence-corrected chi connectivity index (χ4v) is 3.73. The van der Waals surface area contributed by atoms with E-state index in [0.29, 0.717) is 11.1 Å². The minimum atomic E-state index is -4.76. The molecule has 2 rings (SSSR count). The van der Waals surface area contributed by atoms with Crippen LogP contribution in [0, 0.1) is 6.92 Å². The Balaban J connectivity index is 1.89. The van der Waals surface area contributed by atoms with Crippen molar-refractivity contribution in [1.29, 1.82) is 0 Å². The maximum Gasteiger partial charge on any atom is 0.446 e. The molecule has 15 nitrogen and oxygen atoms in total. The normalized spacial score (nSPS) is 12.2. The second-order valence-electron chi connectivity index (χ2n) is 7.63. The highest BCUT2D eigenvalue weighted by molar-refractivity contribution is 7.81. The van der Waals surface area contributed by atoms with Crippen molar-refractivity contribution in [3.63, 3.8) is 0 Å². The quantitative estimate of drug-likeness (QED) is 0.196. The van der Waals surface area contributed by atoms with Crippen molar-refractivity contribution in [1.82, 2.24) is 10.6 Å². The van der Waals surface area contributed by atoms with Crippen LogP contribution < -0.4 is 24.3 Å². The average Bonchev–Trinajstić information content (AvgIpc) is 2.79. The van der Waals surface area contributed by atoms with Gasteiger partial charge < -0.3 is 29.1 Å². The first-order valence-corrected chi connectivity index (χ1v) is 13.3. The third-order valence-electron chi connectivity index (χ3n) is 4.60. The summed E-state index contributed by atoms with van der Waals surface area (Å²) in [5.74, 6) is -2.29. The Morgan fingerprint density at radius 2 is 1.50 bits per heavy atom. The number of aryl methyl sites for hydroxylation is 1. The van der Waals surface area contributed by atoms with Crippen LogP contribution in [0.1, 0.15) is 11.1 Å². The van der Waals surface area contributed by atoms with Crippen LogP contribution >= 0.6 is 0 Å². The van der Waals surface area contributed by atoms with Gasteiger partial charge >= 0.3 is 20.8 Å². The highest BCUT2D eigenvalue weighted by atomic mass is 32.3. The Morgan fingerprint density at radius 1 is 0.895 bits per heavy atom. The van der Waals surface area contributed by atoms with Crippen molar-refractivity contribution in [2.45, 2.75) is 19.4 Å². The second kappa shape index (κ2) is 13.2. The summed E-state index contributed by atoms with van der Waals surface area (Å²) in [4.78, 5) is 36.6. The highest BCUT2D eigenvalue weighted by Gasteiger charge is 2.21. The summed E-state index contributed by atoms with van der Waals surface area (Å²) < 4.78 is 74.7. The molecule has 1 atom stereocenters. The van der Waals surface area contributed by atoms with Gasteiger partial charge in [0.15, 0.2) is 0 Å². The number of carbonyl (C=O) groups excluding carboxylic acids is 3. The number of likely N-dealkylation sites (N-methyl/N-ethyl adjacent to an activating group) is 1. The van der Waals surface area contributed by atoms with Gasteiger partial charge in [0.1, 0.15) is 30.8 Å². The first-order chi connectivity index (χ1) is 17.6. The van der Waals surface area contributed by atoms with Crippen LogP contribution in [0.5, 0.6) is 11.5 Å². The molecule has 2 aromatic carbocycles. The van der Waals surface area contributed by atoms with Crippen molar-refractivity contribution in [2.75, 3.05) is 25.6 Å². The average molecular weight is 576 g/mol. The lowest BCUT2D eigenvalue weighted by Gasteiger charge is -2.17. The molecule has 0 aliphatic carbocycles. The zero-order valence-electron chi connectivity index (χ0n) is 20.0. The predicted octanol–water partition coefficient (Wildman–Crippen LogP) is -0.213. The summed E-state index contributed by atoms with van der Waals surface area (Å²) >= 11 is 0. The Kier molecular flexibility index (Phi) is 10.5. The highest BCUT2D eigenvalue weighted by Crippen LogP contribution is 2.23. The lowest BCUT2D eigenvalue weighted by molar-refractivity contribution is -0.132. The molecule has 0 radical (unpaired) electrons. The van der Waals surface area contributed by atoms with Gasteiger partial charge in [0.25, 0.3) is 0 Å². The summed E-state index contributed by atoms with van der Waals surface area (Å²) in [7, 11) is -8.09. The third kappa shape index (κ3) is 11.1. The van der Waals surface area contributed by atoms with E-state index in [0.717, 1.165) is 0 Å². The molecule has 5 N–H and O–H groups in total. The van der Waals surface area contributed by atoms with Crippen LogP contribution in [-0.4, -0.2) is 70.0 Å². The summed E-state index contributed by atoms with van der Waals surface area (Å²) in [5, 5.41) is 7.26. The molecule has 208 valence electrons. The maximum atomic E-state index is 12.3. The maximum absolute atomic E-state index is 12.3. The molecule has 0 aliphatic heterocycles. The summed E-state index contributed by atoms with van der Waals surface area (Å²) in [5.41, 5.74) is 1.04. The smallest absolute Gasteiger partial charge is 0.362 e. The van der Waals surface area contributed by atoms with E-state index in [9.17, 15) is 31.2 Å². The van der Waals surface area contributed by atoms with E-state index < -0.39 is 57.8 Å². The Labute approximate surface area is 218 Å². The number of benzene rings is 2. The number of hydrogen-bond acceptors (Lipinski definition) is 10. The molecule has 0 spiro atoms. The molecule has 0 aliphatic rings. The van der Waals surface area contributed by atoms with Gasteiger partial charge in [-0.25, -0.2) is 0 Å². The number of rotatable bonds is 13. The zero-order chi connectivity index (χ0) is 28.5. The summed E-state index contributed by atoms with van der Waals surface area (Å²) in [6, 6.07) is 8.39. The fourth-order valence-electron chi connectivity index (χ4n) is 2.97. The fraction of sp³-hybridized carbons (Fsp3) is 0.286. The molecular formula is C21H25N3O12S2. The van der Waals surface area contributed by atoms with Gasteiger partial charge in [-0.05, 0) is 36.2 Å². The molecule has 2 aromatic rings. The molecule has 0 bridgehead atoms. The predicted molar refractivity (Wildman–Crippen MR) is 131 cm³/mol. The van der Waals surface area contributed by atoms with Gasteiger partial charge in [-0.15, -0.1) is 0 Å². The van der Waals surface area contributed by atoms with Crippen molar-refractivity contribution in [2.24, 2.45) is 0 Å². The van der Waals surface area contributed by atoms with Crippen LogP contribution in [0.3, 0.4) is 0 Å². The first kappa shape index (κ1) is 30.5. The van der Waals surface area contributed by atoms with Crippen LogP contribution in [0.25, 0.3) is 0 Å². The molecule has 38 heavy (non-hydrogen) atoms. The van der Waals surface area contributed by atoms with E-state index in [4.69, 9.17) is 13.8 Å². The van der Waals surface area contributed by atoms with Crippen molar-refractivity contribution >= 4 is 44.2 Å². The van der Waals surface area contributed by atoms with E-state index >= 15 is 0 Å².